The van der Waals surface area contributed by atoms with E-state index >= 15 is 0 Å². The Morgan fingerprint density at radius 2 is 1.71 bits per heavy atom. The number of amides is 1. The molecule has 0 spiro atoms. The second-order valence-electron chi connectivity index (χ2n) is 8.85. The van der Waals surface area contributed by atoms with Crippen LogP contribution in [0.3, 0.4) is 0 Å². The van der Waals surface area contributed by atoms with Crippen molar-refractivity contribution in [2.24, 2.45) is 5.92 Å². The third-order valence-electron chi connectivity index (χ3n) is 6.50. The van der Waals surface area contributed by atoms with Crippen LogP contribution in [0.25, 0.3) is 11.1 Å². The molecule has 0 unspecified atom stereocenters. The van der Waals surface area contributed by atoms with Crippen molar-refractivity contribution in [3.63, 3.8) is 0 Å². The molecule has 4 rings (SSSR count). The molecule has 1 aromatic carbocycles. The van der Waals surface area contributed by atoms with E-state index in [4.69, 9.17) is 4.98 Å². The van der Waals surface area contributed by atoms with Gasteiger partial charge in [-0.2, -0.15) is 0 Å². The van der Waals surface area contributed by atoms with E-state index in [1.54, 1.807) is 0 Å². The number of nitrogens with zero attached hydrogens (tertiary/aromatic N) is 3. The van der Waals surface area contributed by atoms with Gasteiger partial charge < -0.3 is 4.90 Å². The Balaban J connectivity index is 1.46. The van der Waals surface area contributed by atoms with Gasteiger partial charge in [0.2, 0.25) is 15.9 Å². The average molecular weight is 442 g/mol. The first-order valence-electron chi connectivity index (χ1n) is 11.1. The summed E-state index contributed by atoms with van der Waals surface area (Å²) in [6.45, 7) is 4.37. The topological polar surface area (TPSA) is 70.6 Å². The number of sulfonamides is 1. The van der Waals surface area contributed by atoms with Crippen LogP contribution in [0.2, 0.25) is 0 Å². The van der Waals surface area contributed by atoms with Gasteiger partial charge in [-0.25, -0.2) is 12.7 Å². The second kappa shape index (κ2) is 9.09. The first kappa shape index (κ1) is 22.0. The van der Waals surface area contributed by atoms with Crippen LogP contribution in [-0.4, -0.2) is 60.9 Å². The van der Waals surface area contributed by atoms with Crippen LogP contribution in [0.1, 0.15) is 43.0 Å². The Morgan fingerprint density at radius 1 is 1.00 bits per heavy atom. The van der Waals surface area contributed by atoms with Crippen molar-refractivity contribution in [2.75, 3.05) is 32.4 Å². The molecule has 1 amide bonds. The van der Waals surface area contributed by atoms with Crippen molar-refractivity contribution in [1.29, 1.82) is 0 Å². The van der Waals surface area contributed by atoms with E-state index in [1.165, 1.54) is 21.7 Å². The number of pyridine rings is 1. The summed E-state index contributed by atoms with van der Waals surface area (Å²) < 4.78 is 25.0. The summed E-state index contributed by atoms with van der Waals surface area (Å²) in [7, 11) is -3.18. The molecule has 0 radical (unpaired) electrons. The number of carbonyl (C=O) groups excluding carboxylic acids is 1. The van der Waals surface area contributed by atoms with Crippen LogP contribution >= 0.6 is 0 Å². The summed E-state index contributed by atoms with van der Waals surface area (Å²) in [5.74, 6) is 0.326. The summed E-state index contributed by atoms with van der Waals surface area (Å²) in [5, 5.41) is 0. The Kier molecular flexibility index (Phi) is 6.44. The molecular formula is C24H31N3O3S. The fraction of sp³-hybridized carbons (Fsp3) is 0.500. The molecule has 2 aromatic rings. The normalized spacial score (nSPS) is 21.2. The maximum atomic E-state index is 13.2. The number of rotatable bonds is 4. The van der Waals surface area contributed by atoms with Gasteiger partial charge in [0, 0.05) is 49.4 Å². The van der Waals surface area contributed by atoms with E-state index in [-0.39, 0.29) is 17.7 Å². The number of benzene rings is 1. The van der Waals surface area contributed by atoms with Gasteiger partial charge in [0.15, 0.2) is 0 Å². The SMILES string of the molecule is Cc1cc(-c2ccccc2)cc([C@H]2CCCN(C(=O)C3CCN(S(C)(=O)=O)CC3)C2)n1. The molecule has 1 aromatic heterocycles. The zero-order valence-electron chi connectivity index (χ0n) is 18.3. The Labute approximate surface area is 185 Å². The molecule has 2 aliphatic heterocycles. The van der Waals surface area contributed by atoms with Gasteiger partial charge in [-0.3, -0.25) is 9.78 Å². The van der Waals surface area contributed by atoms with Crippen molar-refractivity contribution >= 4 is 15.9 Å². The highest BCUT2D eigenvalue weighted by atomic mass is 32.2. The third-order valence-corrected chi connectivity index (χ3v) is 7.81. The van der Waals surface area contributed by atoms with Crippen molar-refractivity contribution in [2.45, 2.75) is 38.5 Å². The lowest BCUT2D eigenvalue weighted by Crippen LogP contribution is -2.46. The number of piperidine rings is 2. The molecule has 3 heterocycles. The lowest BCUT2D eigenvalue weighted by atomic mass is 9.90. The average Bonchev–Trinajstić information content (AvgIpc) is 2.78. The van der Waals surface area contributed by atoms with E-state index in [1.807, 2.05) is 30.0 Å². The van der Waals surface area contributed by atoms with E-state index < -0.39 is 10.0 Å². The summed E-state index contributed by atoms with van der Waals surface area (Å²) >= 11 is 0. The standard InChI is InChI=1S/C24H31N3O3S/c1-18-15-22(19-7-4-3-5-8-19)16-23(25-18)21-9-6-12-26(17-21)24(28)20-10-13-27(14-11-20)31(2,29)30/h3-5,7-8,15-16,20-21H,6,9-14,17H2,1-2H3/t21-/m0/s1. The van der Waals surface area contributed by atoms with Gasteiger partial charge in [-0.15, -0.1) is 0 Å². The Morgan fingerprint density at radius 3 is 2.39 bits per heavy atom. The zero-order valence-corrected chi connectivity index (χ0v) is 19.1. The second-order valence-corrected chi connectivity index (χ2v) is 10.8. The Hall–Kier alpha value is -2.25. The first-order valence-corrected chi connectivity index (χ1v) is 12.9. The van der Waals surface area contributed by atoms with Gasteiger partial charge in [0.25, 0.3) is 0 Å². The summed E-state index contributed by atoms with van der Waals surface area (Å²) in [4.78, 5) is 20.0. The van der Waals surface area contributed by atoms with E-state index in [0.29, 0.717) is 32.5 Å². The molecule has 166 valence electrons. The molecule has 0 bridgehead atoms. The fourth-order valence-corrected chi connectivity index (χ4v) is 5.69. The Bertz CT molecular complexity index is 1030. The molecule has 0 aliphatic carbocycles. The molecule has 2 saturated heterocycles. The molecule has 2 aliphatic rings. The van der Waals surface area contributed by atoms with Crippen molar-refractivity contribution in [3.8, 4) is 11.1 Å². The van der Waals surface area contributed by atoms with E-state index in [0.717, 1.165) is 30.8 Å². The monoisotopic (exact) mass is 441 g/mol. The van der Waals surface area contributed by atoms with Gasteiger partial charge >= 0.3 is 0 Å². The molecule has 0 saturated carbocycles. The molecule has 1 atom stereocenters. The number of hydrogen-bond donors (Lipinski definition) is 0. The van der Waals surface area contributed by atoms with Crippen molar-refractivity contribution in [3.05, 3.63) is 53.9 Å². The number of aryl methyl sites for hydroxylation is 1. The summed E-state index contributed by atoms with van der Waals surface area (Å²) in [6.07, 6.45) is 4.45. The van der Waals surface area contributed by atoms with Crippen LogP contribution in [0.5, 0.6) is 0 Å². The largest absolute Gasteiger partial charge is 0.342 e. The van der Waals surface area contributed by atoms with E-state index in [9.17, 15) is 13.2 Å². The van der Waals surface area contributed by atoms with Gasteiger partial charge in [-0.05, 0) is 55.9 Å². The highest BCUT2D eigenvalue weighted by Crippen LogP contribution is 2.31. The van der Waals surface area contributed by atoms with Crippen molar-refractivity contribution < 1.29 is 13.2 Å². The molecule has 6 nitrogen and oxygen atoms in total. The lowest BCUT2D eigenvalue weighted by molar-refractivity contribution is -0.138. The number of hydrogen-bond acceptors (Lipinski definition) is 4. The van der Waals surface area contributed by atoms with Crippen LogP contribution in [0.4, 0.5) is 0 Å². The number of likely N-dealkylation sites (tertiary alicyclic amines) is 1. The third kappa shape index (κ3) is 5.15. The molecule has 31 heavy (non-hydrogen) atoms. The molecular weight excluding hydrogens is 410 g/mol. The zero-order chi connectivity index (χ0) is 22.0. The summed E-state index contributed by atoms with van der Waals surface area (Å²) in [6, 6.07) is 14.6. The highest BCUT2D eigenvalue weighted by molar-refractivity contribution is 7.88. The van der Waals surface area contributed by atoms with Gasteiger partial charge in [0.1, 0.15) is 0 Å². The van der Waals surface area contributed by atoms with Crippen LogP contribution in [0, 0.1) is 12.8 Å². The van der Waals surface area contributed by atoms with Crippen LogP contribution in [-0.2, 0) is 14.8 Å². The minimum atomic E-state index is -3.18. The molecule has 0 N–H and O–H groups in total. The van der Waals surface area contributed by atoms with Gasteiger partial charge in [-0.1, -0.05) is 30.3 Å². The number of carbonyl (C=O) groups is 1. The first-order chi connectivity index (χ1) is 14.8. The minimum Gasteiger partial charge on any atom is -0.342 e. The predicted octanol–water partition coefficient (Wildman–Crippen LogP) is 3.43. The van der Waals surface area contributed by atoms with Crippen LogP contribution in [0.15, 0.2) is 42.5 Å². The fourth-order valence-electron chi connectivity index (χ4n) is 4.81. The van der Waals surface area contributed by atoms with Crippen molar-refractivity contribution in [1.82, 2.24) is 14.2 Å². The summed E-state index contributed by atoms with van der Waals surface area (Å²) in [5.41, 5.74) is 4.39. The maximum Gasteiger partial charge on any atom is 0.225 e. The van der Waals surface area contributed by atoms with Gasteiger partial charge in [0.05, 0.1) is 6.26 Å². The molecule has 7 heteroatoms. The smallest absolute Gasteiger partial charge is 0.225 e. The quantitative estimate of drug-likeness (QED) is 0.729. The molecule has 2 fully saturated rings. The van der Waals surface area contributed by atoms with Crippen LogP contribution < -0.4 is 0 Å². The lowest BCUT2D eigenvalue weighted by Gasteiger charge is -2.37. The van der Waals surface area contributed by atoms with E-state index in [2.05, 4.69) is 24.3 Å². The predicted molar refractivity (Wildman–Crippen MR) is 122 cm³/mol. The maximum absolute atomic E-state index is 13.2. The minimum absolute atomic E-state index is 0.0814. The highest BCUT2D eigenvalue weighted by Gasteiger charge is 2.34. The number of aromatic nitrogens is 1.